The van der Waals surface area contributed by atoms with E-state index in [1.807, 2.05) is 43.4 Å². The average molecular weight is 256 g/mol. The summed E-state index contributed by atoms with van der Waals surface area (Å²) in [6, 6.07) is 6.04. The summed E-state index contributed by atoms with van der Waals surface area (Å²) in [7, 11) is 1.67. The van der Waals surface area contributed by atoms with Crippen molar-refractivity contribution in [1.82, 2.24) is 0 Å². The minimum absolute atomic E-state index is 0.198. The summed E-state index contributed by atoms with van der Waals surface area (Å²) in [5.74, 6) is 1.31. The molecule has 0 saturated heterocycles. The highest BCUT2D eigenvalue weighted by atomic mass is 16.5. The Kier molecular flexibility index (Phi) is 4.20. The summed E-state index contributed by atoms with van der Waals surface area (Å²) in [6.45, 7) is 4.15. The van der Waals surface area contributed by atoms with E-state index in [-0.39, 0.29) is 11.7 Å². The van der Waals surface area contributed by atoms with Gasteiger partial charge in [0.1, 0.15) is 5.75 Å². The maximum Gasteiger partial charge on any atom is 0.163 e. The van der Waals surface area contributed by atoms with E-state index in [9.17, 15) is 4.79 Å². The van der Waals surface area contributed by atoms with Crippen LogP contribution >= 0.6 is 0 Å². The van der Waals surface area contributed by atoms with Crippen LogP contribution in [-0.2, 0) is 17.6 Å². The van der Waals surface area contributed by atoms with Crippen LogP contribution in [0.15, 0.2) is 42.0 Å². The van der Waals surface area contributed by atoms with Crippen molar-refractivity contribution in [3.63, 3.8) is 0 Å². The minimum atomic E-state index is 0.198. The van der Waals surface area contributed by atoms with Gasteiger partial charge >= 0.3 is 0 Å². The van der Waals surface area contributed by atoms with E-state index in [0.29, 0.717) is 6.42 Å². The lowest BCUT2D eigenvalue weighted by Gasteiger charge is -2.10. The van der Waals surface area contributed by atoms with Crippen molar-refractivity contribution in [2.24, 2.45) is 5.92 Å². The van der Waals surface area contributed by atoms with E-state index in [0.717, 1.165) is 23.3 Å². The van der Waals surface area contributed by atoms with Gasteiger partial charge in [0.2, 0.25) is 0 Å². The van der Waals surface area contributed by atoms with Gasteiger partial charge in [-0.2, -0.15) is 0 Å². The third-order valence-corrected chi connectivity index (χ3v) is 3.59. The number of benzene rings is 1. The molecule has 1 aromatic carbocycles. The zero-order chi connectivity index (χ0) is 13.8. The number of hydrogen-bond acceptors (Lipinski definition) is 2. The SMILES string of the molecule is CCc1ccc(CC(=O)C2=CC=CC2C)cc1OC. The van der Waals surface area contributed by atoms with Gasteiger partial charge in [-0.3, -0.25) is 4.79 Å². The maximum atomic E-state index is 12.2. The van der Waals surface area contributed by atoms with Crippen LogP contribution in [0.3, 0.4) is 0 Å². The quantitative estimate of drug-likeness (QED) is 0.806. The van der Waals surface area contributed by atoms with E-state index >= 15 is 0 Å². The van der Waals surface area contributed by atoms with Gasteiger partial charge in [0, 0.05) is 17.9 Å². The van der Waals surface area contributed by atoms with Crippen LogP contribution in [0.4, 0.5) is 0 Å². The van der Waals surface area contributed by atoms with Crippen LogP contribution in [0.25, 0.3) is 0 Å². The Balaban J connectivity index is 2.13. The number of rotatable bonds is 5. The second kappa shape index (κ2) is 5.87. The molecule has 0 amide bonds. The van der Waals surface area contributed by atoms with Crippen LogP contribution in [0.2, 0.25) is 0 Å². The molecule has 0 aliphatic heterocycles. The molecule has 0 heterocycles. The van der Waals surface area contributed by atoms with Gasteiger partial charge in [-0.1, -0.05) is 44.2 Å². The molecule has 0 N–H and O–H groups in total. The van der Waals surface area contributed by atoms with Crippen molar-refractivity contribution in [3.05, 3.63) is 53.1 Å². The first-order valence-electron chi connectivity index (χ1n) is 6.73. The summed E-state index contributed by atoms with van der Waals surface area (Å²) < 4.78 is 5.37. The summed E-state index contributed by atoms with van der Waals surface area (Å²) >= 11 is 0. The number of carbonyl (C=O) groups is 1. The number of carbonyl (C=O) groups excluding carboxylic acids is 1. The van der Waals surface area contributed by atoms with Crippen molar-refractivity contribution in [2.45, 2.75) is 26.7 Å². The molecule has 1 aliphatic carbocycles. The van der Waals surface area contributed by atoms with Gasteiger partial charge in [-0.25, -0.2) is 0 Å². The number of Topliss-reactive ketones (excluding diaryl/α,β-unsaturated/α-hetero) is 1. The highest BCUT2D eigenvalue weighted by Crippen LogP contribution is 2.24. The highest BCUT2D eigenvalue weighted by Gasteiger charge is 2.18. The molecule has 19 heavy (non-hydrogen) atoms. The molecule has 2 heteroatoms. The van der Waals surface area contributed by atoms with Crippen LogP contribution in [0.5, 0.6) is 5.75 Å². The number of ketones is 1. The predicted molar refractivity (Wildman–Crippen MR) is 77.5 cm³/mol. The molecular formula is C17H20O2. The number of methoxy groups -OCH3 is 1. The van der Waals surface area contributed by atoms with Crippen molar-refractivity contribution in [2.75, 3.05) is 7.11 Å². The first kappa shape index (κ1) is 13.6. The maximum absolute atomic E-state index is 12.2. The standard InChI is InChI=1S/C17H20O2/c1-4-14-9-8-13(11-17(14)19-3)10-16(18)15-7-5-6-12(15)2/h5-9,11-12H,4,10H2,1-3H3. The largest absolute Gasteiger partial charge is 0.496 e. The summed E-state index contributed by atoms with van der Waals surface area (Å²) in [4.78, 5) is 12.2. The molecule has 1 unspecified atom stereocenters. The first-order valence-corrected chi connectivity index (χ1v) is 6.73. The normalized spacial score (nSPS) is 17.4. The van der Waals surface area contributed by atoms with Gasteiger partial charge in [-0.05, 0) is 23.6 Å². The molecule has 1 aromatic rings. The van der Waals surface area contributed by atoms with Gasteiger partial charge < -0.3 is 4.74 Å². The lowest BCUT2D eigenvalue weighted by atomic mass is 9.95. The molecule has 2 nitrogen and oxygen atoms in total. The topological polar surface area (TPSA) is 26.3 Å². The van der Waals surface area contributed by atoms with Crippen molar-refractivity contribution in [3.8, 4) is 5.75 Å². The van der Waals surface area contributed by atoms with Crippen LogP contribution in [0.1, 0.15) is 25.0 Å². The lowest BCUT2D eigenvalue weighted by molar-refractivity contribution is -0.115. The summed E-state index contributed by atoms with van der Waals surface area (Å²) in [5.41, 5.74) is 3.09. The summed E-state index contributed by atoms with van der Waals surface area (Å²) in [5, 5.41) is 0. The smallest absolute Gasteiger partial charge is 0.163 e. The molecule has 100 valence electrons. The molecule has 0 spiro atoms. The van der Waals surface area contributed by atoms with E-state index in [4.69, 9.17) is 4.74 Å². The number of hydrogen-bond donors (Lipinski definition) is 0. The van der Waals surface area contributed by atoms with Gasteiger partial charge in [0.05, 0.1) is 7.11 Å². The second-order valence-corrected chi connectivity index (χ2v) is 4.90. The first-order chi connectivity index (χ1) is 9.15. The Morgan fingerprint density at radius 3 is 2.74 bits per heavy atom. The van der Waals surface area contributed by atoms with E-state index in [2.05, 4.69) is 6.92 Å². The fourth-order valence-electron chi connectivity index (χ4n) is 2.41. The van der Waals surface area contributed by atoms with E-state index < -0.39 is 0 Å². The van der Waals surface area contributed by atoms with Crippen molar-refractivity contribution < 1.29 is 9.53 Å². The Bertz CT molecular complexity index is 538. The zero-order valence-electron chi connectivity index (χ0n) is 11.8. The van der Waals surface area contributed by atoms with Crippen molar-refractivity contribution in [1.29, 1.82) is 0 Å². The molecule has 1 aliphatic rings. The molecule has 0 fully saturated rings. The molecule has 0 saturated carbocycles. The average Bonchev–Trinajstić information content (AvgIpc) is 2.85. The highest BCUT2D eigenvalue weighted by molar-refractivity contribution is 5.98. The van der Waals surface area contributed by atoms with Gasteiger partial charge in [0.25, 0.3) is 0 Å². The lowest BCUT2D eigenvalue weighted by Crippen LogP contribution is -2.10. The third kappa shape index (κ3) is 2.95. The Morgan fingerprint density at radius 2 is 2.16 bits per heavy atom. The second-order valence-electron chi connectivity index (χ2n) is 4.90. The third-order valence-electron chi connectivity index (χ3n) is 3.59. The van der Waals surface area contributed by atoms with Crippen LogP contribution < -0.4 is 4.74 Å². The van der Waals surface area contributed by atoms with Gasteiger partial charge in [-0.15, -0.1) is 0 Å². The Hall–Kier alpha value is -1.83. The Morgan fingerprint density at radius 1 is 1.37 bits per heavy atom. The van der Waals surface area contributed by atoms with Crippen LogP contribution in [0, 0.1) is 5.92 Å². The van der Waals surface area contributed by atoms with Crippen molar-refractivity contribution >= 4 is 5.78 Å². The van der Waals surface area contributed by atoms with Gasteiger partial charge in [0.15, 0.2) is 5.78 Å². The number of aryl methyl sites for hydroxylation is 1. The fraction of sp³-hybridized carbons (Fsp3) is 0.353. The zero-order valence-corrected chi connectivity index (χ0v) is 11.8. The molecule has 1 atom stereocenters. The molecule has 2 rings (SSSR count). The fourth-order valence-corrected chi connectivity index (χ4v) is 2.41. The molecule has 0 radical (unpaired) electrons. The van der Waals surface area contributed by atoms with Crippen LogP contribution in [-0.4, -0.2) is 12.9 Å². The minimum Gasteiger partial charge on any atom is -0.496 e. The predicted octanol–water partition coefficient (Wildman–Crippen LogP) is 3.50. The molecule has 0 aromatic heterocycles. The number of allylic oxidation sites excluding steroid dienone is 4. The van der Waals surface area contributed by atoms with E-state index in [1.165, 1.54) is 5.56 Å². The number of ether oxygens (including phenoxy) is 1. The molecular weight excluding hydrogens is 236 g/mol. The Labute approximate surface area is 114 Å². The van der Waals surface area contributed by atoms with E-state index in [1.54, 1.807) is 7.11 Å². The summed E-state index contributed by atoms with van der Waals surface area (Å²) in [6.07, 6.45) is 7.30. The molecule has 0 bridgehead atoms. The monoisotopic (exact) mass is 256 g/mol.